The van der Waals surface area contributed by atoms with Gasteiger partial charge in [-0.3, -0.25) is 9.97 Å². The number of benzene rings is 1. The molecule has 0 aliphatic rings. The Bertz CT molecular complexity index is 837. The average molecular weight is 277 g/mol. The summed E-state index contributed by atoms with van der Waals surface area (Å²) < 4.78 is 13.5. The molecule has 0 saturated heterocycles. The monoisotopic (exact) mass is 277 g/mol. The Labute approximate surface area is 121 Å². The molecule has 2 aromatic heterocycles. The quantitative estimate of drug-likeness (QED) is 0.729. The van der Waals surface area contributed by atoms with Gasteiger partial charge in [-0.2, -0.15) is 5.26 Å². The largest absolute Gasteiger partial charge is 0.254 e. The fourth-order valence-corrected chi connectivity index (χ4v) is 2.29. The smallest absolute Gasteiger partial charge is 0.123 e. The zero-order chi connectivity index (χ0) is 14.7. The topological polar surface area (TPSA) is 49.6 Å². The Morgan fingerprint density at radius 3 is 2.86 bits per heavy atom. The van der Waals surface area contributed by atoms with Crippen molar-refractivity contribution in [3.63, 3.8) is 0 Å². The summed E-state index contributed by atoms with van der Waals surface area (Å²) >= 11 is 0. The number of fused-ring (bicyclic) bond motifs is 1. The molecule has 0 bridgehead atoms. The predicted octanol–water partition coefficient (Wildman–Crippen LogP) is 3.89. The van der Waals surface area contributed by atoms with Gasteiger partial charge in [0.05, 0.1) is 17.3 Å². The van der Waals surface area contributed by atoms with Crippen LogP contribution in [0.1, 0.15) is 12.1 Å². The van der Waals surface area contributed by atoms with Gasteiger partial charge in [-0.05, 0) is 24.3 Å². The fraction of sp³-hybridized carbons (Fsp3) is 0.118. The first-order valence-corrected chi connectivity index (χ1v) is 6.65. The maximum absolute atomic E-state index is 13.5. The highest BCUT2D eigenvalue weighted by Crippen LogP contribution is 2.26. The predicted molar refractivity (Wildman–Crippen MR) is 78.9 cm³/mol. The molecule has 0 spiro atoms. The van der Waals surface area contributed by atoms with Crippen molar-refractivity contribution in [2.75, 3.05) is 0 Å². The molecule has 0 radical (unpaired) electrons. The highest BCUT2D eigenvalue weighted by atomic mass is 19.1. The van der Waals surface area contributed by atoms with E-state index in [4.69, 9.17) is 5.26 Å². The summed E-state index contributed by atoms with van der Waals surface area (Å²) in [6, 6.07) is 14.2. The molecule has 21 heavy (non-hydrogen) atoms. The van der Waals surface area contributed by atoms with E-state index in [1.54, 1.807) is 12.3 Å². The lowest BCUT2D eigenvalue weighted by atomic mass is 10.1. The molecule has 4 heteroatoms. The Kier molecular flexibility index (Phi) is 3.57. The van der Waals surface area contributed by atoms with Gasteiger partial charge in [0.2, 0.25) is 0 Å². The fourth-order valence-electron chi connectivity index (χ4n) is 2.29. The van der Waals surface area contributed by atoms with Gasteiger partial charge >= 0.3 is 0 Å². The summed E-state index contributed by atoms with van der Waals surface area (Å²) in [6.07, 6.45) is 2.67. The van der Waals surface area contributed by atoms with Crippen LogP contribution in [0.25, 0.3) is 22.2 Å². The number of hydrogen-bond donors (Lipinski definition) is 0. The van der Waals surface area contributed by atoms with Crippen LogP contribution in [0.4, 0.5) is 4.39 Å². The van der Waals surface area contributed by atoms with E-state index >= 15 is 0 Å². The van der Waals surface area contributed by atoms with Crippen LogP contribution < -0.4 is 0 Å². The van der Waals surface area contributed by atoms with Crippen LogP contribution in [0.2, 0.25) is 0 Å². The van der Waals surface area contributed by atoms with E-state index in [1.165, 1.54) is 12.1 Å². The SMILES string of the molecule is N#CCCc1cc2cccnc2c(-c2cccc(F)c2)n1. The molecule has 0 fully saturated rings. The van der Waals surface area contributed by atoms with Gasteiger partial charge in [-0.15, -0.1) is 0 Å². The lowest BCUT2D eigenvalue weighted by Gasteiger charge is -2.08. The van der Waals surface area contributed by atoms with E-state index in [1.807, 2.05) is 24.3 Å². The van der Waals surface area contributed by atoms with Gasteiger partial charge in [0, 0.05) is 35.7 Å². The van der Waals surface area contributed by atoms with Crippen molar-refractivity contribution in [1.82, 2.24) is 9.97 Å². The minimum atomic E-state index is -0.305. The lowest BCUT2D eigenvalue weighted by molar-refractivity contribution is 0.628. The third kappa shape index (κ3) is 2.72. The second kappa shape index (κ2) is 5.68. The molecular weight excluding hydrogens is 265 g/mol. The van der Waals surface area contributed by atoms with Gasteiger partial charge in [0.15, 0.2) is 0 Å². The second-order valence-corrected chi connectivity index (χ2v) is 4.71. The van der Waals surface area contributed by atoms with Gasteiger partial charge in [0.25, 0.3) is 0 Å². The standard InChI is InChI=1S/C17H12FN3/c18-14-6-1-4-12(10-14)17-16-13(5-3-9-20-16)11-15(21-17)7-2-8-19/h1,3-6,9-11H,2,7H2. The van der Waals surface area contributed by atoms with Crippen molar-refractivity contribution in [1.29, 1.82) is 5.26 Å². The molecule has 0 aliphatic heterocycles. The van der Waals surface area contributed by atoms with Crippen LogP contribution in [0.3, 0.4) is 0 Å². The summed E-state index contributed by atoms with van der Waals surface area (Å²) in [5, 5.41) is 9.67. The van der Waals surface area contributed by atoms with Crippen LogP contribution in [0.5, 0.6) is 0 Å². The molecule has 0 aliphatic carbocycles. The zero-order valence-corrected chi connectivity index (χ0v) is 11.3. The second-order valence-electron chi connectivity index (χ2n) is 4.71. The van der Waals surface area contributed by atoms with Crippen molar-refractivity contribution < 1.29 is 4.39 Å². The first-order chi connectivity index (χ1) is 10.3. The molecule has 3 aromatic rings. The summed E-state index contributed by atoms with van der Waals surface area (Å²) in [7, 11) is 0. The number of aromatic nitrogens is 2. The Morgan fingerprint density at radius 1 is 1.14 bits per heavy atom. The number of nitriles is 1. The van der Waals surface area contributed by atoms with E-state index in [-0.39, 0.29) is 5.82 Å². The average Bonchev–Trinajstić information content (AvgIpc) is 2.52. The Hall–Kier alpha value is -2.80. The number of nitrogens with zero attached hydrogens (tertiary/aromatic N) is 3. The van der Waals surface area contributed by atoms with Gasteiger partial charge in [-0.1, -0.05) is 18.2 Å². The molecule has 0 saturated carbocycles. The normalized spacial score (nSPS) is 10.5. The van der Waals surface area contributed by atoms with E-state index in [9.17, 15) is 4.39 Å². The lowest BCUT2D eigenvalue weighted by Crippen LogP contribution is -1.96. The summed E-state index contributed by atoms with van der Waals surface area (Å²) in [4.78, 5) is 8.93. The van der Waals surface area contributed by atoms with Crippen molar-refractivity contribution in [2.45, 2.75) is 12.8 Å². The molecule has 3 nitrogen and oxygen atoms in total. The van der Waals surface area contributed by atoms with Crippen molar-refractivity contribution >= 4 is 10.9 Å². The molecule has 0 amide bonds. The third-order valence-corrected chi connectivity index (χ3v) is 3.23. The summed E-state index contributed by atoms with van der Waals surface area (Å²) in [6.45, 7) is 0. The Morgan fingerprint density at radius 2 is 2.05 bits per heavy atom. The van der Waals surface area contributed by atoms with Crippen LogP contribution >= 0.6 is 0 Å². The Balaban J connectivity index is 2.21. The summed E-state index contributed by atoms with van der Waals surface area (Å²) in [5.41, 5.74) is 2.90. The summed E-state index contributed by atoms with van der Waals surface area (Å²) in [5.74, 6) is -0.305. The maximum Gasteiger partial charge on any atom is 0.123 e. The molecule has 1 aromatic carbocycles. The molecular formula is C17H12FN3. The minimum absolute atomic E-state index is 0.305. The zero-order valence-electron chi connectivity index (χ0n) is 11.3. The molecule has 0 N–H and O–H groups in total. The number of pyridine rings is 2. The van der Waals surface area contributed by atoms with Gasteiger partial charge < -0.3 is 0 Å². The molecule has 0 unspecified atom stereocenters. The van der Waals surface area contributed by atoms with E-state index < -0.39 is 0 Å². The number of rotatable bonds is 3. The number of halogens is 1. The highest BCUT2D eigenvalue weighted by Gasteiger charge is 2.10. The van der Waals surface area contributed by atoms with E-state index in [2.05, 4.69) is 16.0 Å². The molecule has 3 rings (SSSR count). The third-order valence-electron chi connectivity index (χ3n) is 3.23. The van der Waals surface area contributed by atoms with Crippen molar-refractivity contribution in [2.24, 2.45) is 0 Å². The maximum atomic E-state index is 13.5. The minimum Gasteiger partial charge on any atom is -0.254 e. The van der Waals surface area contributed by atoms with Gasteiger partial charge in [0.1, 0.15) is 5.82 Å². The molecule has 2 heterocycles. The van der Waals surface area contributed by atoms with Gasteiger partial charge in [-0.25, -0.2) is 4.39 Å². The van der Waals surface area contributed by atoms with Crippen LogP contribution in [0, 0.1) is 17.1 Å². The van der Waals surface area contributed by atoms with Crippen molar-refractivity contribution in [3.8, 4) is 17.3 Å². The van der Waals surface area contributed by atoms with Crippen molar-refractivity contribution in [3.05, 3.63) is 60.2 Å². The van der Waals surface area contributed by atoms with Crippen LogP contribution in [0.15, 0.2) is 48.7 Å². The van der Waals surface area contributed by atoms with Crippen LogP contribution in [-0.4, -0.2) is 9.97 Å². The first-order valence-electron chi connectivity index (χ1n) is 6.65. The molecule has 102 valence electrons. The number of aryl methyl sites for hydroxylation is 1. The van der Waals surface area contributed by atoms with E-state index in [0.29, 0.717) is 24.1 Å². The van der Waals surface area contributed by atoms with E-state index in [0.717, 1.165) is 16.6 Å². The molecule has 0 atom stereocenters. The first kappa shape index (κ1) is 13.2. The highest BCUT2D eigenvalue weighted by molar-refractivity contribution is 5.91. The number of hydrogen-bond acceptors (Lipinski definition) is 3. The van der Waals surface area contributed by atoms with Crippen LogP contribution in [-0.2, 0) is 6.42 Å².